The highest BCUT2D eigenvalue weighted by molar-refractivity contribution is 7.98. The van der Waals surface area contributed by atoms with Crippen LogP contribution in [-0.4, -0.2) is 21.1 Å². The van der Waals surface area contributed by atoms with Crippen LogP contribution in [0.1, 0.15) is 18.1 Å². The number of fused-ring (bicyclic) bond motifs is 1. The predicted octanol–water partition coefficient (Wildman–Crippen LogP) is 4.78. The third kappa shape index (κ3) is 4.03. The van der Waals surface area contributed by atoms with Crippen LogP contribution in [0.25, 0.3) is 16.7 Å². The van der Waals surface area contributed by atoms with Gasteiger partial charge in [0, 0.05) is 17.5 Å². The van der Waals surface area contributed by atoms with Crippen LogP contribution in [0.5, 0.6) is 5.75 Å². The number of ether oxygens (including phenoxy) is 1. The predicted molar refractivity (Wildman–Crippen MR) is 117 cm³/mol. The van der Waals surface area contributed by atoms with Crippen LogP contribution in [0.3, 0.4) is 0 Å². The van der Waals surface area contributed by atoms with Gasteiger partial charge >= 0.3 is 0 Å². The van der Waals surface area contributed by atoms with E-state index in [0.29, 0.717) is 34.2 Å². The van der Waals surface area contributed by atoms with Crippen LogP contribution >= 0.6 is 11.8 Å². The van der Waals surface area contributed by atoms with Crippen molar-refractivity contribution in [3.05, 3.63) is 88.3 Å². The van der Waals surface area contributed by atoms with Crippen molar-refractivity contribution in [3.8, 4) is 11.6 Å². The molecule has 6 heteroatoms. The Labute approximate surface area is 173 Å². The second-order valence-electron chi connectivity index (χ2n) is 6.58. The molecule has 0 aliphatic heterocycles. The Kier molecular flexibility index (Phi) is 5.62. The Morgan fingerprint density at radius 3 is 2.62 bits per heavy atom. The van der Waals surface area contributed by atoms with Crippen LogP contribution < -0.4 is 10.3 Å². The van der Waals surface area contributed by atoms with E-state index in [1.807, 2.05) is 68.4 Å². The molecule has 0 fully saturated rings. The Morgan fingerprint density at radius 1 is 1.03 bits per heavy atom. The number of hydrogen-bond acceptors (Lipinski definition) is 5. The number of para-hydroxylation sites is 2. The molecule has 0 amide bonds. The maximum absolute atomic E-state index is 13.3. The van der Waals surface area contributed by atoms with Gasteiger partial charge < -0.3 is 4.74 Å². The highest BCUT2D eigenvalue weighted by Gasteiger charge is 2.15. The van der Waals surface area contributed by atoms with Gasteiger partial charge in [-0.1, -0.05) is 48.2 Å². The molecule has 0 atom stereocenters. The van der Waals surface area contributed by atoms with Crippen molar-refractivity contribution in [2.75, 3.05) is 6.61 Å². The molecule has 29 heavy (non-hydrogen) atoms. The largest absolute Gasteiger partial charge is 0.494 e. The van der Waals surface area contributed by atoms with Gasteiger partial charge in [-0.2, -0.15) is 0 Å². The SMILES string of the molecule is CCOc1ccccc1CSc1nc2ccccc2c(=O)n1-c1ccc(C)cn1. The minimum Gasteiger partial charge on any atom is -0.494 e. The summed E-state index contributed by atoms with van der Waals surface area (Å²) >= 11 is 1.50. The number of aromatic nitrogens is 3. The monoisotopic (exact) mass is 403 g/mol. The summed E-state index contributed by atoms with van der Waals surface area (Å²) < 4.78 is 7.33. The van der Waals surface area contributed by atoms with Crippen molar-refractivity contribution in [2.45, 2.75) is 24.8 Å². The van der Waals surface area contributed by atoms with Gasteiger partial charge in [-0.05, 0) is 43.7 Å². The van der Waals surface area contributed by atoms with Gasteiger partial charge in [0.1, 0.15) is 11.6 Å². The highest BCUT2D eigenvalue weighted by atomic mass is 32.2. The van der Waals surface area contributed by atoms with Gasteiger partial charge in [-0.25, -0.2) is 14.5 Å². The minimum atomic E-state index is -0.118. The fourth-order valence-corrected chi connectivity index (χ4v) is 4.06. The first-order chi connectivity index (χ1) is 14.2. The number of aryl methyl sites for hydroxylation is 1. The van der Waals surface area contributed by atoms with Crippen molar-refractivity contribution in [1.82, 2.24) is 14.5 Å². The summed E-state index contributed by atoms with van der Waals surface area (Å²) in [5.74, 6) is 2.05. The lowest BCUT2D eigenvalue weighted by Gasteiger charge is -2.14. The van der Waals surface area contributed by atoms with E-state index in [2.05, 4.69) is 4.98 Å². The maximum atomic E-state index is 13.3. The topological polar surface area (TPSA) is 57.0 Å². The zero-order chi connectivity index (χ0) is 20.2. The maximum Gasteiger partial charge on any atom is 0.267 e. The lowest BCUT2D eigenvalue weighted by molar-refractivity contribution is 0.337. The molecule has 0 saturated carbocycles. The molecule has 0 bridgehead atoms. The summed E-state index contributed by atoms with van der Waals surface area (Å²) in [5.41, 5.74) is 2.66. The first-order valence-electron chi connectivity index (χ1n) is 9.45. The second kappa shape index (κ2) is 8.49. The Morgan fingerprint density at radius 2 is 1.83 bits per heavy atom. The molecule has 0 aliphatic rings. The lowest BCUT2D eigenvalue weighted by atomic mass is 10.2. The summed E-state index contributed by atoms with van der Waals surface area (Å²) in [6.07, 6.45) is 1.76. The second-order valence-corrected chi connectivity index (χ2v) is 7.52. The molecule has 4 rings (SSSR count). The van der Waals surface area contributed by atoms with Crippen molar-refractivity contribution in [1.29, 1.82) is 0 Å². The number of rotatable bonds is 6. The first kappa shape index (κ1) is 19.2. The highest BCUT2D eigenvalue weighted by Crippen LogP contribution is 2.28. The fraction of sp³-hybridized carbons (Fsp3) is 0.174. The van der Waals surface area contributed by atoms with E-state index in [1.54, 1.807) is 16.8 Å². The first-order valence-corrected chi connectivity index (χ1v) is 10.4. The normalized spacial score (nSPS) is 11.0. The van der Waals surface area contributed by atoms with E-state index in [9.17, 15) is 4.79 Å². The summed E-state index contributed by atoms with van der Waals surface area (Å²) in [4.78, 5) is 22.5. The molecule has 0 saturated heterocycles. The third-order valence-electron chi connectivity index (χ3n) is 4.50. The molecule has 146 valence electrons. The molecule has 2 aromatic carbocycles. The molecular weight excluding hydrogens is 382 g/mol. The van der Waals surface area contributed by atoms with E-state index in [1.165, 1.54) is 11.8 Å². The Hall–Kier alpha value is -3.12. The molecule has 4 aromatic rings. The average molecular weight is 404 g/mol. The van der Waals surface area contributed by atoms with Crippen LogP contribution in [0.2, 0.25) is 0 Å². The van der Waals surface area contributed by atoms with Crippen molar-refractivity contribution in [2.24, 2.45) is 0 Å². The van der Waals surface area contributed by atoms with Gasteiger partial charge in [0.25, 0.3) is 5.56 Å². The standard InChI is InChI=1S/C23H21N3O2S/c1-3-28-20-11-7-4-8-17(20)15-29-23-25-19-10-6-5-9-18(19)22(27)26(23)21-13-12-16(2)14-24-21/h4-14H,3,15H2,1-2H3. The number of benzene rings is 2. The minimum absolute atomic E-state index is 0.118. The van der Waals surface area contributed by atoms with E-state index in [4.69, 9.17) is 9.72 Å². The van der Waals surface area contributed by atoms with Gasteiger partial charge in [-0.15, -0.1) is 0 Å². The molecule has 2 aromatic heterocycles. The van der Waals surface area contributed by atoms with Gasteiger partial charge in [0.15, 0.2) is 5.16 Å². The molecule has 0 spiro atoms. The van der Waals surface area contributed by atoms with E-state index >= 15 is 0 Å². The zero-order valence-electron chi connectivity index (χ0n) is 16.3. The summed E-state index contributed by atoms with van der Waals surface area (Å²) in [5, 5.41) is 1.19. The van der Waals surface area contributed by atoms with E-state index in [-0.39, 0.29) is 5.56 Å². The fourth-order valence-electron chi connectivity index (χ4n) is 3.07. The summed E-state index contributed by atoms with van der Waals surface area (Å²) in [6.45, 7) is 4.54. The number of pyridine rings is 1. The number of hydrogen-bond donors (Lipinski definition) is 0. The Bertz CT molecular complexity index is 1200. The van der Waals surface area contributed by atoms with Crippen molar-refractivity contribution < 1.29 is 4.74 Å². The lowest BCUT2D eigenvalue weighted by Crippen LogP contribution is -2.22. The van der Waals surface area contributed by atoms with E-state index in [0.717, 1.165) is 16.9 Å². The number of nitrogens with zero attached hydrogens (tertiary/aromatic N) is 3. The third-order valence-corrected chi connectivity index (χ3v) is 5.49. The smallest absolute Gasteiger partial charge is 0.267 e. The average Bonchev–Trinajstić information content (AvgIpc) is 2.74. The summed E-state index contributed by atoms with van der Waals surface area (Å²) in [7, 11) is 0. The molecule has 5 nitrogen and oxygen atoms in total. The molecule has 2 heterocycles. The van der Waals surface area contributed by atoms with Crippen LogP contribution in [0.15, 0.2) is 76.8 Å². The molecule has 0 unspecified atom stereocenters. The molecular formula is C23H21N3O2S. The van der Waals surface area contributed by atoms with Gasteiger partial charge in [0.05, 0.1) is 17.5 Å². The molecule has 0 radical (unpaired) electrons. The van der Waals surface area contributed by atoms with Crippen molar-refractivity contribution >= 4 is 22.7 Å². The van der Waals surface area contributed by atoms with Crippen molar-refractivity contribution in [3.63, 3.8) is 0 Å². The quantitative estimate of drug-likeness (QED) is 0.343. The van der Waals surface area contributed by atoms with Crippen LogP contribution in [0.4, 0.5) is 0 Å². The van der Waals surface area contributed by atoms with Gasteiger partial charge in [0.2, 0.25) is 0 Å². The van der Waals surface area contributed by atoms with E-state index < -0.39 is 0 Å². The van der Waals surface area contributed by atoms with Gasteiger partial charge in [-0.3, -0.25) is 4.79 Å². The molecule has 0 aliphatic carbocycles. The zero-order valence-corrected chi connectivity index (χ0v) is 17.1. The van der Waals surface area contributed by atoms with Crippen LogP contribution in [-0.2, 0) is 5.75 Å². The summed E-state index contributed by atoms with van der Waals surface area (Å²) in [6, 6.07) is 19.1. The van der Waals surface area contributed by atoms with Crippen LogP contribution in [0, 0.1) is 6.92 Å². The molecule has 0 N–H and O–H groups in total. The number of thioether (sulfide) groups is 1. The Balaban J connectivity index is 1.80.